The van der Waals surface area contributed by atoms with Gasteiger partial charge in [-0.2, -0.15) is 0 Å². The number of nitrogens with zero attached hydrogens (tertiary/aromatic N) is 1. The molecule has 0 atom stereocenters. The van der Waals surface area contributed by atoms with Gasteiger partial charge in [-0.15, -0.1) is 0 Å². The second kappa shape index (κ2) is 6.15. The van der Waals surface area contributed by atoms with Crippen molar-refractivity contribution in [1.29, 1.82) is 0 Å². The molecule has 1 aliphatic heterocycles. The smallest absolute Gasteiger partial charge is 0.363 e. The van der Waals surface area contributed by atoms with Gasteiger partial charge in [-0.25, -0.2) is 14.2 Å². The van der Waals surface area contributed by atoms with Crippen LogP contribution in [-0.2, 0) is 9.53 Å². The van der Waals surface area contributed by atoms with Crippen LogP contribution in [-0.4, -0.2) is 11.9 Å². The lowest BCUT2D eigenvalue weighted by molar-refractivity contribution is -0.129. The molecule has 5 heteroatoms. The minimum Gasteiger partial charge on any atom is -0.402 e. The summed E-state index contributed by atoms with van der Waals surface area (Å²) in [7, 11) is 0. The Morgan fingerprint density at radius 1 is 1.00 bits per heavy atom. The molecule has 4 rings (SSSR count). The first-order chi connectivity index (χ1) is 12.1. The lowest BCUT2D eigenvalue weighted by Crippen LogP contribution is -2.06. The van der Waals surface area contributed by atoms with E-state index in [1.807, 2.05) is 42.5 Å². The van der Waals surface area contributed by atoms with Gasteiger partial charge in [0.25, 0.3) is 0 Å². The second-order valence-corrected chi connectivity index (χ2v) is 5.91. The highest BCUT2D eigenvalue weighted by Crippen LogP contribution is 2.27. The summed E-state index contributed by atoms with van der Waals surface area (Å²) in [5.41, 5.74) is 0.823. The molecule has 0 spiro atoms. The van der Waals surface area contributed by atoms with Gasteiger partial charge in [-0.05, 0) is 35.0 Å². The third-order valence-electron chi connectivity index (χ3n) is 3.92. The van der Waals surface area contributed by atoms with Crippen molar-refractivity contribution in [3.05, 3.63) is 88.3 Å². The Balaban J connectivity index is 1.82. The topological polar surface area (TPSA) is 38.7 Å². The fourth-order valence-corrected chi connectivity index (χ4v) is 2.94. The zero-order valence-electron chi connectivity index (χ0n) is 12.9. The van der Waals surface area contributed by atoms with Crippen LogP contribution in [0.3, 0.4) is 0 Å². The van der Waals surface area contributed by atoms with Gasteiger partial charge in [-0.3, -0.25) is 0 Å². The highest BCUT2D eigenvalue weighted by Gasteiger charge is 2.26. The molecule has 0 saturated heterocycles. The summed E-state index contributed by atoms with van der Waals surface area (Å²) in [5.74, 6) is -0.968. The number of fused-ring (bicyclic) bond motifs is 1. The van der Waals surface area contributed by atoms with Crippen LogP contribution < -0.4 is 0 Å². The normalized spacial score (nSPS) is 15.5. The predicted molar refractivity (Wildman–Crippen MR) is 96.0 cm³/mol. The Morgan fingerprint density at radius 2 is 1.76 bits per heavy atom. The van der Waals surface area contributed by atoms with Crippen molar-refractivity contribution < 1.29 is 13.9 Å². The molecule has 0 unspecified atom stereocenters. The first-order valence-corrected chi connectivity index (χ1v) is 7.96. The molecule has 3 nitrogen and oxygen atoms in total. The average Bonchev–Trinajstić information content (AvgIpc) is 2.98. The number of carbonyl (C=O) groups is 1. The summed E-state index contributed by atoms with van der Waals surface area (Å²) >= 11 is 6.00. The van der Waals surface area contributed by atoms with Crippen molar-refractivity contribution in [2.24, 2.45) is 4.99 Å². The molecule has 0 N–H and O–H groups in total. The molecule has 0 aliphatic carbocycles. The molecular weight excluding hydrogens is 341 g/mol. The first-order valence-electron chi connectivity index (χ1n) is 7.58. The fourth-order valence-electron chi connectivity index (χ4n) is 2.72. The fraction of sp³-hybridized carbons (Fsp3) is 0. The molecule has 0 fully saturated rings. The van der Waals surface area contributed by atoms with Gasteiger partial charge in [0.05, 0.1) is 5.02 Å². The van der Waals surface area contributed by atoms with Crippen LogP contribution in [0.2, 0.25) is 5.02 Å². The summed E-state index contributed by atoms with van der Waals surface area (Å²) in [6, 6.07) is 17.7. The first kappa shape index (κ1) is 15.5. The minimum absolute atomic E-state index is 0.00920. The molecule has 3 aromatic rings. The molecule has 0 bridgehead atoms. The summed E-state index contributed by atoms with van der Waals surface area (Å²) in [6.45, 7) is 0. The van der Waals surface area contributed by atoms with Crippen LogP contribution in [0.15, 0.2) is 71.4 Å². The molecule has 1 heterocycles. The van der Waals surface area contributed by atoms with Gasteiger partial charge < -0.3 is 4.74 Å². The standard InChI is InChI=1S/C20H11ClFNO2/c21-16-9-4-10-17(22)15(16)11-18-20(24)25-19(23-18)14-8-3-6-12-5-1-2-7-13(12)14/h1-11H/b18-11+. The number of hydrogen-bond acceptors (Lipinski definition) is 3. The highest BCUT2D eigenvalue weighted by atomic mass is 35.5. The number of ether oxygens (including phenoxy) is 1. The summed E-state index contributed by atoms with van der Waals surface area (Å²) in [4.78, 5) is 16.4. The van der Waals surface area contributed by atoms with Gasteiger partial charge in [0.1, 0.15) is 5.82 Å². The maximum Gasteiger partial charge on any atom is 0.363 e. The number of rotatable bonds is 2. The van der Waals surface area contributed by atoms with Crippen LogP contribution in [0.4, 0.5) is 4.39 Å². The molecule has 0 aromatic heterocycles. The lowest BCUT2D eigenvalue weighted by atomic mass is 10.0. The Labute approximate surface area is 148 Å². The van der Waals surface area contributed by atoms with E-state index >= 15 is 0 Å². The van der Waals surface area contributed by atoms with E-state index in [1.54, 1.807) is 6.07 Å². The Morgan fingerprint density at radius 3 is 2.60 bits per heavy atom. The van der Waals surface area contributed by atoms with Crippen molar-refractivity contribution >= 4 is 40.3 Å². The van der Waals surface area contributed by atoms with E-state index in [1.165, 1.54) is 18.2 Å². The monoisotopic (exact) mass is 351 g/mol. The van der Waals surface area contributed by atoms with Gasteiger partial charge in [0.2, 0.25) is 5.90 Å². The maximum absolute atomic E-state index is 13.9. The van der Waals surface area contributed by atoms with Gasteiger partial charge >= 0.3 is 5.97 Å². The van der Waals surface area contributed by atoms with Crippen LogP contribution in [0, 0.1) is 5.82 Å². The van der Waals surface area contributed by atoms with E-state index in [2.05, 4.69) is 4.99 Å². The van der Waals surface area contributed by atoms with Crippen LogP contribution in [0.25, 0.3) is 16.8 Å². The maximum atomic E-state index is 13.9. The number of benzene rings is 3. The van der Waals surface area contributed by atoms with Gasteiger partial charge in [0.15, 0.2) is 5.70 Å². The molecule has 0 radical (unpaired) electrons. The van der Waals surface area contributed by atoms with Gasteiger partial charge in [0, 0.05) is 11.1 Å². The second-order valence-electron chi connectivity index (χ2n) is 5.50. The molecule has 25 heavy (non-hydrogen) atoms. The third kappa shape index (κ3) is 2.81. The number of hydrogen-bond donors (Lipinski definition) is 0. The van der Waals surface area contributed by atoms with E-state index in [0.717, 1.165) is 10.8 Å². The minimum atomic E-state index is -0.637. The molecule has 0 amide bonds. The summed E-state index contributed by atoms with van der Waals surface area (Å²) in [6.07, 6.45) is 1.30. The number of aliphatic imine (C=N–C) groups is 1. The van der Waals surface area contributed by atoms with Crippen LogP contribution in [0.5, 0.6) is 0 Å². The van der Waals surface area contributed by atoms with Crippen LogP contribution in [0.1, 0.15) is 11.1 Å². The van der Waals surface area contributed by atoms with E-state index in [-0.39, 0.29) is 22.2 Å². The largest absolute Gasteiger partial charge is 0.402 e. The molecule has 1 aliphatic rings. The SMILES string of the molecule is O=C1OC(c2cccc3ccccc23)=N/C1=C/c1c(F)cccc1Cl. The zero-order valence-corrected chi connectivity index (χ0v) is 13.6. The summed E-state index contributed by atoms with van der Waals surface area (Å²) in [5, 5.41) is 2.13. The van der Waals surface area contributed by atoms with E-state index in [9.17, 15) is 9.18 Å². The number of esters is 1. The van der Waals surface area contributed by atoms with E-state index in [4.69, 9.17) is 16.3 Å². The van der Waals surface area contributed by atoms with Crippen LogP contribution >= 0.6 is 11.6 Å². The van der Waals surface area contributed by atoms with Crippen molar-refractivity contribution in [2.75, 3.05) is 0 Å². The van der Waals surface area contributed by atoms with Crippen molar-refractivity contribution in [2.45, 2.75) is 0 Å². The van der Waals surface area contributed by atoms with Gasteiger partial charge in [-0.1, -0.05) is 54.1 Å². The number of carbonyl (C=O) groups excluding carboxylic acids is 1. The highest BCUT2D eigenvalue weighted by molar-refractivity contribution is 6.32. The summed E-state index contributed by atoms with van der Waals surface area (Å²) < 4.78 is 19.2. The molecular formula is C20H11ClFNO2. The lowest BCUT2D eigenvalue weighted by Gasteiger charge is -2.04. The van der Waals surface area contributed by atoms with Crippen molar-refractivity contribution in [1.82, 2.24) is 0 Å². The predicted octanol–water partition coefficient (Wildman–Crippen LogP) is 4.98. The zero-order chi connectivity index (χ0) is 17.4. The number of halogens is 2. The Kier molecular flexibility index (Phi) is 3.82. The Bertz CT molecular complexity index is 1050. The van der Waals surface area contributed by atoms with E-state index in [0.29, 0.717) is 5.56 Å². The number of cyclic esters (lactones) is 1. The quantitative estimate of drug-likeness (QED) is 0.482. The molecule has 122 valence electrons. The third-order valence-corrected chi connectivity index (χ3v) is 4.25. The average molecular weight is 352 g/mol. The molecule has 0 saturated carbocycles. The van der Waals surface area contributed by atoms with Crippen molar-refractivity contribution in [3.8, 4) is 0 Å². The van der Waals surface area contributed by atoms with Crippen molar-refractivity contribution in [3.63, 3.8) is 0 Å². The van der Waals surface area contributed by atoms with E-state index < -0.39 is 11.8 Å². The molecule has 3 aromatic carbocycles. The Hall–Kier alpha value is -2.98.